The summed E-state index contributed by atoms with van der Waals surface area (Å²) >= 11 is 1.77. The van der Waals surface area contributed by atoms with Crippen molar-refractivity contribution in [3.8, 4) is 0 Å². The topological polar surface area (TPSA) is 41.1 Å². The van der Waals surface area contributed by atoms with Crippen molar-refractivity contribution in [2.24, 2.45) is 11.8 Å². The smallest absolute Gasteiger partial charge is 0.252 e. The third-order valence-corrected chi connectivity index (χ3v) is 5.80. The van der Waals surface area contributed by atoms with Gasteiger partial charge < -0.3 is 10.6 Å². The molecule has 3 unspecified atom stereocenters. The summed E-state index contributed by atoms with van der Waals surface area (Å²) < 4.78 is 0. The van der Waals surface area contributed by atoms with Gasteiger partial charge in [-0.3, -0.25) is 4.79 Å². The van der Waals surface area contributed by atoms with Gasteiger partial charge in [-0.25, -0.2) is 0 Å². The van der Waals surface area contributed by atoms with Gasteiger partial charge in [0, 0.05) is 16.3 Å². The summed E-state index contributed by atoms with van der Waals surface area (Å²) in [5, 5.41) is 8.71. The first-order valence-corrected chi connectivity index (χ1v) is 8.64. The molecule has 3 rings (SSSR count). The van der Waals surface area contributed by atoms with Crippen molar-refractivity contribution in [1.29, 1.82) is 0 Å². The summed E-state index contributed by atoms with van der Waals surface area (Å²) in [6.45, 7) is 6.53. The predicted molar refractivity (Wildman–Crippen MR) is 83.4 cm³/mol. The van der Waals surface area contributed by atoms with Crippen LogP contribution in [0.5, 0.6) is 0 Å². The van der Waals surface area contributed by atoms with Crippen LogP contribution in [0.15, 0.2) is 5.38 Å². The molecule has 1 aliphatic heterocycles. The van der Waals surface area contributed by atoms with Crippen molar-refractivity contribution >= 4 is 17.2 Å². The summed E-state index contributed by atoms with van der Waals surface area (Å²) in [6.07, 6.45) is 4.48. The molecule has 0 spiro atoms. The molecule has 20 heavy (non-hydrogen) atoms. The Morgan fingerprint density at radius 2 is 2.25 bits per heavy atom. The van der Waals surface area contributed by atoms with E-state index in [1.165, 1.54) is 16.9 Å². The quantitative estimate of drug-likeness (QED) is 0.880. The molecule has 0 bridgehead atoms. The molecule has 1 aromatic rings. The van der Waals surface area contributed by atoms with Crippen LogP contribution in [-0.2, 0) is 12.8 Å². The second-order valence-electron chi connectivity index (χ2n) is 6.45. The fourth-order valence-corrected chi connectivity index (χ4v) is 4.59. The minimum absolute atomic E-state index is 0.149. The van der Waals surface area contributed by atoms with Crippen molar-refractivity contribution < 1.29 is 4.79 Å². The van der Waals surface area contributed by atoms with Crippen LogP contribution in [0.4, 0.5) is 0 Å². The number of hydrogen-bond acceptors (Lipinski definition) is 3. The van der Waals surface area contributed by atoms with Crippen LogP contribution in [-0.4, -0.2) is 25.0 Å². The minimum atomic E-state index is 0.149. The average Bonchev–Trinajstić information content (AvgIpc) is 2.84. The summed E-state index contributed by atoms with van der Waals surface area (Å²) in [5.74, 6) is 1.43. The lowest BCUT2D eigenvalue weighted by Gasteiger charge is -2.30. The monoisotopic (exact) mass is 292 g/mol. The normalized spacial score (nSPS) is 29.8. The van der Waals surface area contributed by atoms with Gasteiger partial charge in [-0.15, -0.1) is 11.3 Å². The second-order valence-corrected chi connectivity index (χ2v) is 7.41. The van der Waals surface area contributed by atoms with Crippen LogP contribution < -0.4 is 10.6 Å². The van der Waals surface area contributed by atoms with Crippen molar-refractivity contribution in [3.05, 3.63) is 21.4 Å². The molecule has 1 aromatic heterocycles. The SMILES string of the molecule is CC1CCc2c(C(=O)NC3CCNCC3C)csc2C1. The molecule has 0 aromatic carbocycles. The first kappa shape index (κ1) is 14.1. The van der Waals surface area contributed by atoms with E-state index in [2.05, 4.69) is 29.9 Å². The lowest BCUT2D eigenvalue weighted by atomic mass is 9.88. The summed E-state index contributed by atoms with van der Waals surface area (Å²) in [5.41, 5.74) is 2.27. The van der Waals surface area contributed by atoms with Crippen LogP contribution >= 0.6 is 11.3 Å². The maximum Gasteiger partial charge on any atom is 0.252 e. The van der Waals surface area contributed by atoms with Crippen molar-refractivity contribution in [3.63, 3.8) is 0 Å². The van der Waals surface area contributed by atoms with Crippen LogP contribution in [0, 0.1) is 11.8 Å². The van der Waals surface area contributed by atoms with Gasteiger partial charge in [-0.1, -0.05) is 13.8 Å². The third-order valence-electron chi connectivity index (χ3n) is 4.75. The van der Waals surface area contributed by atoms with Crippen LogP contribution in [0.1, 0.15) is 47.5 Å². The number of rotatable bonds is 2. The number of piperidine rings is 1. The van der Waals surface area contributed by atoms with Gasteiger partial charge in [0.05, 0.1) is 5.56 Å². The van der Waals surface area contributed by atoms with E-state index >= 15 is 0 Å². The lowest BCUT2D eigenvalue weighted by molar-refractivity contribution is 0.0913. The first-order chi connectivity index (χ1) is 9.65. The zero-order valence-electron chi connectivity index (χ0n) is 12.4. The fraction of sp³-hybridized carbons (Fsp3) is 0.688. The molecule has 110 valence electrons. The van der Waals surface area contributed by atoms with Crippen LogP contribution in [0.3, 0.4) is 0 Å². The van der Waals surface area contributed by atoms with Gasteiger partial charge in [0.25, 0.3) is 5.91 Å². The van der Waals surface area contributed by atoms with Gasteiger partial charge >= 0.3 is 0 Å². The number of hydrogen-bond donors (Lipinski definition) is 2. The molecule has 1 fully saturated rings. The molecule has 1 saturated heterocycles. The minimum Gasteiger partial charge on any atom is -0.349 e. The number of thiophene rings is 1. The van der Waals surface area contributed by atoms with Crippen molar-refractivity contribution in [1.82, 2.24) is 10.6 Å². The molecule has 2 N–H and O–H groups in total. The Kier molecular flexibility index (Phi) is 4.13. The Balaban J connectivity index is 1.71. The zero-order valence-corrected chi connectivity index (χ0v) is 13.2. The molecule has 3 nitrogen and oxygen atoms in total. The Labute approximate surface area is 125 Å². The first-order valence-electron chi connectivity index (χ1n) is 7.76. The Bertz CT molecular complexity index is 497. The molecular weight excluding hydrogens is 268 g/mol. The molecule has 1 amide bonds. The van der Waals surface area contributed by atoms with E-state index < -0.39 is 0 Å². The van der Waals surface area contributed by atoms with Gasteiger partial charge in [0.15, 0.2) is 0 Å². The summed E-state index contributed by atoms with van der Waals surface area (Å²) in [6, 6.07) is 0.321. The standard InChI is InChI=1S/C16H24N2OS/c1-10-3-4-12-13(9-20-15(12)7-10)16(19)18-14-5-6-17-8-11(14)2/h9-11,14,17H,3-8H2,1-2H3,(H,18,19). The summed E-state index contributed by atoms with van der Waals surface area (Å²) in [4.78, 5) is 14.0. The third kappa shape index (κ3) is 2.77. The number of carbonyl (C=O) groups is 1. The highest BCUT2D eigenvalue weighted by atomic mass is 32.1. The number of nitrogens with one attached hydrogen (secondary N) is 2. The molecule has 4 heteroatoms. The fourth-order valence-electron chi connectivity index (χ4n) is 3.34. The second kappa shape index (κ2) is 5.86. The molecule has 2 aliphatic rings. The molecule has 2 heterocycles. The van der Waals surface area contributed by atoms with E-state index in [-0.39, 0.29) is 5.91 Å². The Hall–Kier alpha value is -0.870. The summed E-state index contributed by atoms with van der Waals surface area (Å²) in [7, 11) is 0. The van der Waals surface area contributed by atoms with Gasteiger partial charge in [-0.2, -0.15) is 0 Å². The van der Waals surface area contributed by atoms with E-state index in [1.54, 1.807) is 11.3 Å². The number of fused-ring (bicyclic) bond motifs is 1. The number of carbonyl (C=O) groups excluding carboxylic acids is 1. The number of amides is 1. The highest BCUT2D eigenvalue weighted by Crippen LogP contribution is 2.32. The van der Waals surface area contributed by atoms with Gasteiger partial charge in [0.1, 0.15) is 0 Å². The Morgan fingerprint density at radius 1 is 1.40 bits per heavy atom. The van der Waals surface area contributed by atoms with E-state index in [9.17, 15) is 4.79 Å². The van der Waals surface area contributed by atoms with Crippen LogP contribution in [0.2, 0.25) is 0 Å². The Morgan fingerprint density at radius 3 is 3.05 bits per heavy atom. The largest absolute Gasteiger partial charge is 0.349 e. The lowest BCUT2D eigenvalue weighted by Crippen LogP contribution is -2.48. The van der Waals surface area contributed by atoms with Gasteiger partial charge in [-0.05, 0) is 56.2 Å². The maximum atomic E-state index is 12.5. The maximum absolute atomic E-state index is 12.5. The van der Waals surface area contributed by atoms with Crippen LogP contribution in [0.25, 0.3) is 0 Å². The molecule has 0 saturated carbocycles. The average molecular weight is 292 g/mol. The van der Waals surface area contributed by atoms with E-state index in [0.29, 0.717) is 12.0 Å². The molecule has 3 atom stereocenters. The molecule has 0 radical (unpaired) electrons. The highest BCUT2D eigenvalue weighted by molar-refractivity contribution is 7.10. The van der Waals surface area contributed by atoms with Gasteiger partial charge in [0.2, 0.25) is 0 Å². The highest BCUT2D eigenvalue weighted by Gasteiger charge is 2.27. The van der Waals surface area contributed by atoms with Crippen molar-refractivity contribution in [2.45, 2.75) is 45.6 Å². The van der Waals surface area contributed by atoms with Crippen molar-refractivity contribution in [2.75, 3.05) is 13.1 Å². The molecule has 1 aliphatic carbocycles. The van der Waals surface area contributed by atoms with E-state index in [0.717, 1.165) is 43.8 Å². The molecular formula is C16H24N2OS. The van der Waals surface area contributed by atoms with E-state index in [4.69, 9.17) is 0 Å². The predicted octanol–water partition coefficient (Wildman–Crippen LogP) is 2.60. The van der Waals surface area contributed by atoms with E-state index in [1.807, 2.05) is 0 Å². The zero-order chi connectivity index (χ0) is 14.1.